The number of amides is 5. The van der Waals surface area contributed by atoms with Gasteiger partial charge in [0.2, 0.25) is 17.7 Å². The highest BCUT2D eigenvalue weighted by atomic mass is 32.2. The molecule has 0 aliphatic rings. The SMILES string of the molecule is Cc1ccc(CSC[C@H](NC(=O)[C@H](CO)NC(=O)OC(C)(C)C)C(=O)N[C@H](C(=O)N[C@@H](CSCc2ccc(C)cc2)C(=O)NN)[C@@H](C)O)cc1. The molecule has 2 rings (SSSR count). The smallest absolute Gasteiger partial charge is 0.408 e. The van der Waals surface area contributed by atoms with Crippen molar-refractivity contribution in [3.63, 3.8) is 0 Å². The Morgan fingerprint density at radius 2 is 1.16 bits per heavy atom. The Kier molecular flexibility index (Phi) is 17.6. The summed E-state index contributed by atoms with van der Waals surface area (Å²) in [6.45, 7) is 9.34. The highest BCUT2D eigenvalue weighted by molar-refractivity contribution is 7.98. The second-order valence-electron chi connectivity index (χ2n) is 12.7. The molecule has 0 aliphatic carbocycles. The van der Waals surface area contributed by atoms with Crippen molar-refractivity contribution < 1.29 is 38.9 Å². The van der Waals surface area contributed by atoms with Crippen LogP contribution in [0.3, 0.4) is 0 Å². The first-order valence-electron chi connectivity index (χ1n) is 16.0. The van der Waals surface area contributed by atoms with Crippen molar-refractivity contribution in [3.8, 4) is 0 Å². The lowest BCUT2D eigenvalue weighted by Crippen LogP contribution is -2.62. The molecule has 0 aromatic heterocycles. The van der Waals surface area contributed by atoms with Crippen molar-refractivity contribution in [2.75, 3.05) is 18.1 Å². The largest absolute Gasteiger partial charge is 0.444 e. The number of alkyl carbamates (subject to hydrolysis) is 1. The van der Waals surface area contributed by atoms with Crippen LogP contribution in [0.4, 0.5) is 4.79 Å². The number of thioether (sulfide) groups is 2. The Morgan fingerprint density at radius 3 is 1.58 bits per heavy atom. The van der Waals surface area contributed by atoms with E-state index in [9.17, 15) is 34.2 Å². The van der Waals surface area contributed by atoms with Crippen molar-refractivity contribution in [1.29, 1.82) is 0 Å². The lowest BCUT2D eigenvalue weighted by molar-refractivity contribution is -0.135. The van der Waals surface area contributed by atoms with E-state index in [0.717, 1.165) is 22.3 Å². The highest BCUT2D eigenvalue weighted by Gasteiger charge is 2.33. The summed E-state index contributed by atoms with van der Waals surface area (Å²) in [6.07, 6.45) is -2.35. The standard InChI is InChI=1S/C34H50N6O8S2/c1-20-7-11-23(12-8-20)16-49-18-26(36-29(43)25(15-41)38-33(47)48-34(4,5)6)30(44)39-28(22(3)42)32(46)37-27(31(45)40-35)19-50-17-24-13-9-21(2)10-14-24/h7-14,22,25-28,41-42H,15-19,35H2,1-6H3,(H,36,43)(H,37,46)(H,38,47)(H,39,44)(H,40,45)/t22-,25+,26+,27+,28+/m1/s1. The number of hydrazine groups is 1. The van der Waals surface area contributed by atoms with Gasteiger partial charge in [0, 0.05) is 23.0 Å². The fourth-order valence-corrected chi connectivity index (χ4v) is 6.29. The normalized spacial score (nSPS) is 14.3. The monoisotopic (exact) mass is 734 g/mol. The van der Waals surface area contributed by atoms with Gasteiger partial charge in [0.25, 0.3) is 5.91 Å². The number of nitrogens with one attached hydrogen (secondary N) is 5. The number of aliphatic hydroxyl groups excluding tert-OH is 2. The number of hydrogen-bond acceptors (Lipinski definition) is 11. The van der Waals surface area contributed by atoms with E-state index in [1.54, 1.807) is 20.8 Å². The molecule has 0 fully saturated rings. The number of aryl methyl sites for hydroxylation is 2. The van der Waals surface area contributed by atoms with Crippen molar-refractivity contribution in [1.82, 2.24) is 26.7 Å². The van der Waals surface area contributed by atoms with Gasteiger partial charge in [0.05, 0.1) is 12.7 Å². The summed E-state index contributed by atoms with van der Waals surface area (Å²) in [6, 6.07) is 10.3. The number of nitrogens with two attached hydrogens (primary N) is 1. The van der Waals surface area contributed by atoms with Crippen LogP contribution >= 0.6 is 23.5 Å². The van der Waals surface area contributed by atoms with E-state index >= 15 is 0 Å². The van der Waals surface area contributed by atoms with Gasteiger partial charge in [0.1, 0.15) is 29.8 Å². The average molecular weight is 735 g/mol. The van der Waals surface area contributed by atoms with Crippen LogP contribution < -0.4 is 32.5 Å². The van der Waals surface area contributed by atoms with E-state index in [0.29, 0.717) is 11.5 Å². The van der Waals surface area contributed by atoms with Crippen molar-refractivity contribution in [2.45, 2.75) is 88.9 Å². The Labute approximate surface area is 301 Å². The van der Waals surface area contributed by atoms with E-state index in [-0.39, 0.29) is 11.5 Å². The molecule has 0 heterocycles. The first-order chi connectivity index (χ1) is 23.5. The molecule has 276 valence electrons. The lowest BCUT2D eigenvalue weighted by atomic mass is 10.1. The van der Waals surface area contributed by atoms with Gasteiger partial charge in [-0.3, -0.25) is 24.6 Å². The second-order valence-corrected chi connectivity index (χ2v) is 14.8. The van der Waals surface area contributed by atoms with Gasteiger partial charge >= 0.3 is 6.09 Å². The molecule has 16 heteroatoms. The van der Waals surface area contributed by atoms with Gasteiger partial charge in [-0.15, -0.1) is 0 Å². The third kappa shape index (κ3) is 15.4. The minimum atomic E-state index is -1.52. The zero-order valence-corrected chi connectivity index (χ0v) is 30.9. The predicted octanol–water partition coefficient (Wildman–Crippen LogP) is 1.18. The summed E-state index contributed by atoms with van der Waals surface area (Å²) in [4.78, 5) is 65.0. The van der Waals surface area contributed by atoms with Gasteiger partial charge in [-0.05, 0) is 52.7 Å². The van der Waals surface area contributed by atoms with Crippen LogP contribution in [0.15, 0.2) is 48.5 Å². The maximum Gasteiger partial charge on any atom is 0.408 e. The van der Waals surface area contributed by atoms with Crippen molar-refractivity contribution in [2.24, 2.45) is 5.84 Å². The molecular weight excluding hydrogens is 685 g/mol. The maximum absolute atomic E-state index is 13.6. The zero-order chi connectivity index (χ0) is 37.4. The van der Waals surface area contributed by atoms with Gasteiger partial charge in [0.15, 0.2) is 0 Å². The van der Waals surface area contributed by atoms with E-state index in [2.05, 4.69) is 21.3 Å². The van der Waals surface area contributed by atoms with E-state index in [1.165, 1.54) is 30.4 Å². The molecule has 0 unspecified atom stereocenters. The molecule has 9 N–H and O–H groups in total. The molecular formula is C34H50N6O8S2. The summed E-state index contributed by atoms with van der Waals surface area (Å²) in [5, 5.41) is 30.2. The minimum Gasteiger partial charge on any atom is -0.444 e. The number of aliphatic hydroxyl groups is 2. The highest BCUT2D eigenvalue weighted by Crippen LogP contribution is 2.16. The summed E-state index contributed by atoms with van der Waals surface area (Å²) >= 11 is 2.70. The Morgan fingerprint density at radius 1 is 0.720 bits per heavy atom. The molecule has 0 saturated heterocycles. The van der Waals surface area contributed by atoms with E-state index in [4.69, 9.17) is 10.6 Å². The number of hydrogen-bond donors (Lipinski definition) is 8. The molecule has 2 aromatic rings. The molecule has 0 radical (unpaired) electrons. The molecule has 0 saturated carbocycles. The molecule has 0 aliphatic heterocycles. The summed E-state index contributed by atoms with van der Waals surface area (Å²) in [5.74, 6) is 3.36. The Bertz CT molecular complexity index is 1420. The van der Waals surface area contributed by atoms with Gasteiger partial charge in [-0.25, -0.2) is 10.6 Å². The molecule has 2 aromatic carbocycles. The van der Waals surface area contributed by atoms with Crippen LogP contribution in [0, 0.1) is 13.8 Å². The van der Waals surface area contributed by atoms with Gasteiger partial charge in [-0.2, -0.15) is 23.5 Å². The van der Waals surface area contributed by atoms with Crippen LogP contribution in [0.25, 0.3) is 0 Å². The maximum atomic E-state index is 13.6. The molecule has 14 nitrogen and oxygen atoms in total. The van der Waals surface area contributed by atoms with Gasteiger partial charge in [-0.1, -0.05) is 59.7 Å². The van der Waals surface area contributed by atoms with E-state index < -0.39 is 72.2 Å². The zero-order valence-electron chi connectivity index (χ0n) is 29.3. The molecule has 5 atom stereocenters. The van der Waals surface area contributed by atoms with Crippen LogP contribution in [0.5, 0.6) is 0 Å². The number of ether oxygens (including phenoxy) is 1. The number of benzene rings is 2. The predicted molar refractivity (Wildman–Crippen MR) is 195 cm³/mol. The molecule has 0 bridgehead atoms. The first kappa shape index (κ1) is 42.3. The third-order valence-electron chi connectivity index (χ3n) is 7.01. The Hall–Kier alpha value is -3.83. The first-order valence-corrected chi connectivity index (χ1v) is 18.3. The fraction of sp³-hybridized carbons (Fsp3) is 0.500. The lowest BCUT2D eigenvalue weighted by Gasteiger charge is -2.27. The van der Waals surface area contributed by atoms with Crippen LogP contribution in [0.2, 0.25) is 0 Å². The number of carbonyl (C=O) groups excluding carboxylic acids is 5. The third-order valence-corrected chi connectivity index (χ3v) is 9.22. The summed E-state index contributed by atoms with van der Waals surface area (Å²) in [5.41, 5.74) is 5.34. The Balaban J connectivity index is 2.18. The summed E-state index contributed by atoms with van der Waals surface area (Å²) in [7, 11) is 0. The van der Waals surface area contributed by atoms with Crippen LogP contribution in [-0.2, 0) is 35.4 Å². The topological polar surface area (TPSA) is 221 Å². The van der Waals surface area contributed by atoms with Crippen molar-refractivity contribution in [3.05, 3.63) is 70.8 Å². The number of carbonyl (C=O) groups is 5. The fourth-order valence-electron chi connectivity index (χ4n) is 4.26. The quantitative estimate of drug-likeness (QED) is 0.0617. The minimum absolute atomic E-state index is 0.0258. The van der Waals surface area contributed by atoms with E-state index in [1.807, 2.05) is 67.8 Å². The molecule has 50 heavy (non-hydrogen) atoms. The molecule has 5 amide bonds. The van der Waals surface area contributed by atoms with Crippen LogP contribution in [0.1, 0.15) is 49.9 Å². The second kappa shape index (κ2) is 20.7. The number of rotatable bonds is 18. The van der Waals surface area contributed by atoms with Crippen molar-refractivity contribution >= 4 is 53.2 Å². The molecule has 0 spiro atoms. The summed E-state index contributed by atoms with van der Waals surface area (Å²) < 4.78 is 5.17. The van der Waals surface area contributed by atoms with Gasteiger partial charge < -0.3 is 36.2 Å². The average Bonchev–Trinajstić information content (AvgIpc) is 3.05. The van der Waals surface area contributed by atoms with Crippen LogP contribution in [-0.4, -0.2) is 93.9 Å².